The van der Waals surface area contributed by atoms with Gasteiger partial charge in [-0.3, -0.25) is 0 Å². The summed E-state index contributed by atoms with van der Waals surface area (Å²) in [5, 5.41) is 0. The molecule has 2 heterocycles. The lowest BCUT2D eigenvalue weighted by Crippen LogP contribution is -2.39. The summed E-state index contributed by atoms with van der Waals surface area (Å²) in [5.74, 6) is -2.10. The first-order chi connectivity index (χ1) is 9.55. The first kappa shape index (κ1) is 12.9. The van der Waals surface area contributed by atoms with Crippen LogP contribution >= 0.6 is 0 Å². The molecular weight excluding hydrogens is 264 g/mol. The van der Waals surface area contributed by atoms with Gasteiger partial charge in [-0.15, -0.1) is 0 Å². The highest BCUT2D eigenvalue weighted by Gasteiger charge is 2.34. The SMILES string of the molecule is Nc1ccc(-c2ncco2)c(N2CCC(F)(F)CC2)c1. The highest BCUT2D eigenvalue weighted by molar-refractivity contribution is 5.77. The van der Waals surface area contributed by atoms with Crippen molar-refractivity contribution in [1.82, 2.24) is 4.98 Å². The quantitative estimate of drug-likeness (QED) is 0.858. The number of oxazole rings is 1. The second-order valence-corrected chi connectivity index (χ2v) is 4.96. The maximum atomic E-state index is 13.3. The van der Waals surface area contributed by atoms with Gasteiger partial charge in [-0.05, 0) is 18.2 Å². The lowest BCUT2D eigenvalue weighted by molar-refractivity contribution is -0.0220. The van der Waals surface area contributed by atoms with Gasteiger partial charge in [-0.1, -0.05) is 0 Å². The minimum atomic E-state index is -2.57. The molecule has 6 heteroatoms. The Morgan fingerprint density at radius 2 is 2.00 bits per heavy atom. The second kappa shape index (κ2) is 4.77. The van der Waals surface area contributed by atoms with Gasteiger partial charge in [0.25, 0.3) is 5.92 Å². The molecule has 0 atom stereocenters. The van der Waals surface area contributed by atoms with E-state index in [-0.39, 0.29) is 12.8 Å². The van der Waals surface area contributed by atoms with Crippen molar-refractivity contribution in [2.75, 3.05) is 23.7 Å². The molecule has 1 saturated heterocycles. The van der Waals surface area contributed by atoms with Gasteiger partial charge in [0.15, 0.2) is 0 Å². The highest BCUT2D eigenvalue weighted by atomic mass is 19.3. The molecular formula is C14H15F2N3O. The fraction of sp³-hybridized carbons (Fsp3) is 0.357. The lowest BCUT2D eigenvalue weighted by Gasteiger charge is -2.34. The molecule has 1 aliphatic rings. The molecule has 0 spiro atoms. The van der Waals surface area contributed by atoms with Crippen molar-refractivity contribution in [3.63, 3.8) is 0 Å². The molecule has 1 aromatic heterocycles. The standard InChI is InChI=1S/C14H15F2N3O/c15-14(16)3-6-19(7-4-14)12-9-10(17)1-2-11(12)13-18-5-8-20-13/h1-2,5,8-9H,3-4,6-7,17H2. The van der Waals surface area contributed by atoms with Crippen LogP contribution in [0.25, 0.3) is 11.5 Å². The normalized spacial score (nSPS) is 18.2. The largest absolute Gasteiger partial charge is 0.444 e. The van der Waals surface area contributed by atoms with Gasteiger partial charge in [-0.25, -0.2) is 13.8 Å². The highest BCUT2D eigenvalue weighted by Crippen LogP contribution is 2.36. The molecule has 0 bridgehead atoms. The molecule has 1 aromatic carbocycles. The maximum absolute atomic E-state index is 13.3. The van der Waals surface area contributed by atoms with Gasteiger partial charge in [0.1, 0.15) is 6.26 Å². The van der Waals surface area contributed by atoms with Crippen LogP contribution in [-0.2, 0) is 0 Å². The van der Waals surface area contributed by atoms with E-state index in [1.807, 2.05) is 11.0 Å². The number of hydrogen-bond acceptors (Lipinski definition) is 4. The third-order valence-corrected chi connectivity index (χ3v) is 3.52. The van der Waals surface area contributed by atoms with Crippen LogP contribution in [-0.4, -0.2) is 24.0 Å². The fourth-order valence-corrected chi connectivity index (χ4v) is 2.42. The molecule has 106 valence electrons. The van der Waals surface area contributed by atoms with Crippen molar-refractivity contribution in [1.29, 1.82) is 0 Å². The Hall–Kier alpha value is -2.11. The van der Waals surface area contributed by atoms with E-state index in [1.54, 1.807) is 18.3 Å². The van der Waals surface area contributed by atoms with Crippen molar-refractivity contribution >= 4 is 11.4 Å². The zero-order chi connectivity index (χ0) is 14.2. The van der Waals surface area contributed by atoms with Crippen molar-refractivity contribution in [2.45, 2.75) is 18.8 Å². The van der Waals surface area contributed by atoms with Crippen molar-refractivity contribution in [2.24, 2.45) is 0 Å². The number of aromatic nitrogens is 1. The van der Waals surface area contributed by atoms with Crippen LogP contribution in [0.1, 0.15) is 12.8 Å². The van der Waals surface area contributed by atoms with E-state index in [1.165, 1.54) is 6.26 Å². The Labute approximate surface area is 115 Å². The van der Waals surface area contributed by atoms with Crippen LogP contribution in [0.3, 0.4) is 0 Å². The molecule has 4 nitrogen and oxygen atoms in total. The van der Waals surface area contributed by atoms with Gasteiger partial charge in [-0.2, -0.15) is 0 Å². The van der Waals surface area contributed by atoms with Gasteiger partial charge < -0.3 is 15.1 Å². The van der Waals surface area contributed by atoms with E-state index in [2.05, 4.69) is 4.98 Å². The average Bonchev–Trinajstić information content (AvgIpc) is 2.92. The predicted octanol–water partition coefficient (Wildman–Crippen LogP) is 3.16. The molecule has 1 fully saturated rings. The molecule has 3 rings (SSSR count). The third-order valence-electron chi connectivity index (χ3n) is 3.52. The Balaban J connectivity index is 1.95. The van der Waals surface area contributed by atoms with Crippen LogP contribution in [0.2, 0.25) is 0 Å². The number of rotatable bonds is 2. The number of nitrogen functional groups attached to an aromatic ring is 1. The number of alkyl halides is 2. The summed E-state index contributed by atoms with van der Waals surface area (Å²) in [6.07, 6.45) is 2.75. The molecule has 0 amide bonds. The van der Waals surface area contributed by atoms with Crippen LogP contribution < -0.4 is 10.6 Å². The summed E-state index contributed by atoms with van der Waals surface area (Å²) in [4.78, 5) is 6.03. The van der Waals surface area contributed by atoms with Crippen LogP contribution in [0.15, 0.2) is 35.1 Å². The van der Waals surface area contributed by atoms with Gasteiger partial charge in [0.2, 0.25) is 5.89 Å². The number of benzene rings is 1. The number of nitrogens with zero attached hydrogens (tertiary/aromatic N) is 2. The predicted molar refractivity (Wildman–Crippen MR) is 72.7 cm³/mol. The van der Waals surface area contributed by atoms with E-state index in [4.69, 9.17) is 10.2 Å². The van der Waals surface area contributed by atoms with Gasteiger partial charge in [0, 0.05) is 31.6 Å². The van der Waals surface area contributed by atoms with Gasteiger partial charge >= 0.3 is 0 Å². The van der Waals surface area contributed by atoms with Crippen molar-refractivity contribution in [3.8, 4) is 11.5 Å². The average molecular weight is 279 g/mol. The minimum absolute atomic E-state index is 0.146. The first-order valence-corrected chi connectivity index (χ1v) is 6.47. The summed E-state index contributed by atoms with van der Waals surface area (Å²) in [7, 11) is 0. The summed E-state index contributed by atoms with van der Waals surface area (Å²) < 4.78 is 31.8. The molecule has 20 heavy (non-hydrogen) atoms. The molecule has 2 aromatic rings. The third kappa shape index (κ3) is 2.45. The molecule has 0 unspecified atom stereocenters. The minimum Gasteiger partial charge on any atom is -0.444 e. The molecule has 0 radical (unpaired) electrons. The van der Waals surface area contributed by atoms with Crippen LogP contribution in [0, 0.1) is 0 Å². The summed E-state index contributed by atoms with van der Waals surface area (Å²) in [6, 6.07) is 5.34. The lowest BCUT2D eigenvalue weighted by atomic mass is 10.0. The van der Waals surface area contributed by atoms with Crippen LogP contribution in [0.4, 0.5) is 20.2 Å². The topological polar surface area (TPSA) is 55.3 Å². The zero-order valence-electron chi connectivity index (χ0n) is 10.9. The Kier molecular flexibility index (Phi) is 3.08. The number of hydrogen-bond donors (Lipinski definition) is 1. The maximum Gasteiger partial charge on any atom is 0.251 e. The summed E-state index contributed by atoms with van der Waals surface area (Å²) in [5.41, 5.74) is 7.97. The Bertz CT molecular complexity index is 588. The van der Waals surface area contributed by atoms with Gasteiger partial charge in [0.05, 0.1) is 17.4 Å². The molecule has 1 aliphatic heterocycles. The molecule has 2 N–H and O–H groups in total. The number of halogens is 2. The molecule has 0 aliphatic carbocycles. The first-order valence-electron chi connectivity index (χ1n) is 6.47. The van der Waals surface area contributed by atoms with Crippen LogP contribution in [0.5, 0.6) is 0 Å². The summed E-state index contributed by atoms with van der Waals surface area (Å²) in [6.45, 7) is 0.592. The second-order valence-electron chi connectivity index (χ2n) is 4.96. The number of nitrogens with two attached hydrogens (primary N) is 1. The van der Waals surface area contributed by atoms with E-state index in [0.717, 1.165) is 11.3 Å². The van der Waals surface area contributed by atoms with Crippen molar-refractivity contribution in [3.05, 3.63) is 30.7 Å². The summed E-state index contributed by atoms with van der Waals surface area (Å²) >= 11 is 0. The van der Waals surface area contributed by atoms with E-state index < -0.39 is 5.92 Å². The monoisotopic (exact) mass is 279 g/mol. The smallest absolute Gasteiger partial charge is 0.251 e. The fourth-order valence-electron chi connectivity index (χ4n) is 2.42. The molecule has 0 saturated carbocycles. The van der Waals surface area contributed by atoms with Crippen molar-refractivity contribution < 1.29 is 13.2 Å². The van der Waals surface area contributed by atoms with E-state index in [0.29, 0.717) is 24.7 Å². The van der Waals surface area contributed by atoms with E-state index in [9.17, 15) is 8.78 Å². The Morgan fingerprint density at radius 1 is 1.25 bits per heavy atom. The zero-order valence-corrected chi connectivity index (χ0v) is 10.9. The number of piperidine rings is 1. The Morgan fingerprint density at radius 3 is 2.65 bits per heavy atom. The van der Waals surface area contributed by atoms with E-state index >= 15 is 0 Å². The number of anilines is 2.